The van der Waals surface area contributed by atoms with Crippen LogP contribution in [-0.4, -0.2) is 22.9 Å². The maximum absolute atomic E-state index is 13.2. The molecule has 2 aromatic rings. The maximum Gasteiger partial charge on any atom is 0.303 e. The van der Waals surface area contributed by atoms with Gasteiger partial charge in [-0.25, -0.2) is 0 Å². The summed E-state index contributed by atoms with van der Waals surface area (Å²) in [5.41, 5.74) is 3.37. The van der Waals surface area contributed by atoms with Gasteiger partial charge in [0.25, 0.3) is 5.91 Å². The third-order valence-corrected chi connectivity index (χ3v) is 6.44. The van der Waals surface area contributed by atoms with Crippen molar-refractivity contribution in [3.05, 3.63) is 45.8 Å². The van der Waals surface area contributed by atoms with Gasteiger partial charge in [0.2, 0.25) is 5.91 Å². The first-order chi connectivity index (χ1) is 14.3. The number of rotatable bonds is 7. The van der Waals surface area contributed by atoms with Gasteiger partial charge in [-0.05, 0) is 61.8 Å². The Morgan fingerprint density at radius 2 is 1.87 bits per heavy atom. The van der Waals surface area contributed by atoms with Crippen LogP contribution in [0.1, 0.15) is 65.4 Å². The van der Waals surface area contributed by atoms with Crippen LogP contribution in [0.25, 0.3) is 0 Å². The molecular formula is C23H28N2O4S. The van der Waals surface area contributed by atoms with E-state index < -0.39 is 5.97 Å². The fraction of sp³-hybridized carbons (Fsp3) is 0.435. The number of aliphatic carboxylic acids is 1. The minimum Gasteiger partial charge on any atom is -0.481 e. The van der Waals surface area contributed by atoms with Crippen molar-refractivity contribution >= 4 is 39.8 Å². The van der Waals surface area contributed by atoms with E-state index in [1.807, 2.05) is 31.2 Å². The molecular weight excluding hydrogens is 400 g/mol. The lowest BCUT2D eigenvalue weighted by atomic mass is 10.0. The molecule has 1 atom stereocenters. The molecule has 0 bridgehead atoms. The lowest BCUT2D eigenvalue weighted by molar-refractivity contribution is -0.138. The number of anilines is 2. The second-order valence-corrected chi connectivity index (χ2v) is 9.15. The summed E-state index contributed by atoms with van der Waals surface area (Å²) in [6.45, 7) is 3.71. The Balaban J connectivity index is 1.84. The van der Waals surface area contributed by atoms with E-state index in [0.29, 0.717) is 10.6 Å². The van der Waals surface area contributed by atoms with Crippen LogP contribution in [-0.2, 0) is 22.4 Å². The van der Waals surface area contributed by atoms with E-state index in [1.165, 1.54) is 11.3 Å². The maximum atomic E-state index is 13.2. The monoisotopic (exact) mass is 428 g/mol. The van der Waals surface area contributed by atoms with Crippen LogP contribution in [0.15, 0.2) is 24.3 Å². The van der Waals surface area contributed by atoms with Gasteiger partial charge >= 0.3 is 5.97 Å². The molecule has 0 spiro atoms. The van der Waals surface area contributed by atoms with Crippen LogP contribution in [0.3, 0.4) is 0 Å². The van der Waals surface area contributed by atoms with Crippen LogP contribution in [0.2, 0.25) is 0 Å². The Bertz CT molecular complexity index is 951. The molecule has 1 unspecified atom stereocenters. The van der Waals surface area contributed by atoms with Crippen molar-refractivity contribution in [2.24, 2.45) is 5.92 Å². The zero-order chi connectivity index (χ0) is 21.7. The Kier molecular flexibility index (Phi) is 7.26. The first kappa shape index (κ1) is 22.0. The highest BCUT2D eigenvalue weighted by Crippen LogP contribution is 2.38. The van der Waals surface area contributed by atoms with Crippen molar-refractivity contribution in [2.75, 3.05) is 10.6 Å². The average Bonchev–Trinajstić information content (AvgIpc) is 2.81. The highest BCUT2D eigenvalue weighted by atomic mass is 32.1. The molecule has 7 heteroatoms. The number of thiophene rings is 1. The van der Waals surface area contributed by atoms with E-state index in [0.717, 1.165) is 53.8 Å². The molecule has 1 heterocycles. The summed E-state index contributed by atoms with van der Waals surface area (Å²) in [6.07, 6.45) is 5.02. The number of hydrogen-bond donors (Lipinski definition) is 3. The van der Waals surface area contributed by atoms with Gasteiger partial charge in [0.15, 0.2) is 0 Å². The van der Waals surface area contributed by atoms with Gasteiger partial charge in [-0.15, -0.1) is 11.3 Å². The van der Waals surface area contributed by atoms with Crippen molar-refractivity contribution < 1.29 is 19.5 Å². The minimum absolute atomic E-state index is 0.0605. The number of nitrogens with one attached hydrogen (secondary N) is 2. The molecule has 0 radical (unpaired) electrons. The van der Waals surface area contributed by atoms with E-state index in [2.05, 4.69) is 10.6 Å². The van der Waals surface area contributed by atoms with Gasteiger partial charge in [0.1, 0.15) is 5.00 Å². The lowest BCUT2D eigenvalue weighted by Gasteiger charge is -2.12. The predicted octanol–water partition coefficient (Wildman–Crippen LogP) is 5.02. The fourth-order valence-electron chi connectivity index (χ4n) is 3.85. The summed E-state index contributed by atoms with van der Waals surface area (Å²) >= 11 is 1.48. The number of benzene rings is 1. The van der Waals surface area contributed by atoms with Crippen LogP contribution >= 0.6 is 11.3 Å². The Hall–Kier alpha value is -2.67. The second-order valence-electron chi connectivity index (χ2n) is 8.05. The summed E-state index contributed by atoms with van der Waals surface area (Å²) in [5.74, 6) is -1.67. The van der Waals surface area contributed by atoms with E-state index in [4.69, 9.17) is 5.11 Å². The lowest BCUT2D eigenvalue weighted by Crippen LogP contribution is -2.20. The zero-order valence-electron chi connectivity index (χ0n) is 17.4. The first-order valence-electron chi connectivity index (χ1n) is 10.4. The quantitative estimate of drug-likeness (QED) is 0.540. The standard InChI is InChI=1S/C23H28N2O4S/c1-14-7-6-8-16(11-14)24-22(29)21-17-9-4-3-5-10-18(17)30-23(21)25-19(26)12-15(2)13-20(27)28/h6-8,11,15H,3-5,9-10,12-13H2,1-2H3,(H,24,29)(H,25,26)(H,27,28). The van der Waals surface area contributed by atoms with Crippen molar-refractivity contribution in [1.29, 1.82) is 0 Å². The molecule has 1 aliphatic carbocycles. The summed E-state index contributed by atoms with van der Waals surface area (Å²) in [7, 11) is 0. The molecule has 0 fully saturated rings. The molecule has 1 aliphatic rings. The fourth-order valence-corrected chi connectivity index (χ4v) is 5.15. The van der Waals surface area contributed by atoms with Crippen molar-refractivity contribution in [3.63, 3.8) is 0 Å². The highest BCUT2D eigenvalue weighted by molar-refractivity contribution is 7.17. The molecule has 0 saturated carbocycles. The highest BCUT2D eigenvalue weighted by Gasteiger charge is 2.26. The third kappa shape index (κ3) is 5.69. The number of aryl methyl sites for hydroxylation is 2. The Labute approximate surface area is 180 Å². The average molecular weight is 429 g/mol. The Morgan fingerprint density at radius 3 is 2.60 bits per heavy atom. The van der Waals surface area contributed by atoms with E-state index in [-0.39, 0.29) is 30.6 Å². The van der Waals surface area contributed by atoms with Gasteiger partial charge < -0.3 is 15.7 Å². The molecule has 3 rings (SSSR count). The zero-order valence-corrected chi connectivity index (χ0v) is 18.2. The summed E-state index contributed by atoms with van der Waals surface area (Å²) in [6, 6.07) is 7.62. The molecule has 1 aromatic carbocycles. The summed E-state index contributed by atoms with van der Waals surface area (Å²) in [4.78, 5) is 37.8. The number of amides is 2. The number of carbonyl (C=O) groups excluding carboxylic acids is 2. The molecule has 6 nitrogen and oxygen atoms in total. The number of carboxylic acid groups (broad SMARTS) is 1. The minimum atomic E-state index is -0.920. The molecule has 0 aliphatic heterocycles. The SMILES string of the molecule is Cc1cccc(NC(=O)c2c(NC(=O)CC(C)CC(=O)O)sc3c2CCCCC3)c1. The van der Waals surface area contributed by atoms with Crippen LogP contribution in [0.5, 0.6) is 0 Å². The van der Waals surface area contributed by atoms with Crippen molar-refractivity contribution in [3.8, 4) is 0 Å². The topological polar surface area (TPSA) is 95.5 Å². The van der Waals surface area contributed by atoms with Crippen LogP contribution in [0, 0.1) is 12.8 Å². The second kappa shape index (κ2) is 9.89. The third-order valence-electron chi connectivity index (χ3n) is 5.23. The van der Waals surface area contributed by atoms with Gasteiger partial charge in [-0.3, -0.25) is 14.4 Å². The van der Waals surface area contributed by atoms with Gasteiger partial charge in [-0.1, -0.05) is 25.5 Å². The Morgan fingerprint density at radius 1 is 1.10 bits per heavy atom. The normalized spacial score (nSPS) is 14.3. The number of carboxylic acids is 1. The van der Waals surface area contributed by atoms with Crippen molar-refractivity contribution in [2.45, 2.75) is 58.8 Å². The first-order valence-corrected chi connectivity index (χ1v) is 11.2. The van der Waals surface area contributed by atoms with Gasteiger partial charge in [-0.2, -0.15) is 0 Å². The van der Waals surface area contributed by atoms with E-state index in [9.17, 15) is 14.4 Å². The molecule has 160 valence electrons. The molecule has 0 saturated heterocycles. The molecule has 1 aromatic heterocycles. The van der Waals surface area contributed by atoms with Gasteiger partial charge in [0, 0.05) is 23.4 Å². The number of hydrogen-bond acceptors (Lipinski definition) is 4. The summed E-state index contributed by atoms with van der Waals surface area (Å²) in [5, 5.41) is 15.4. The van der Waals surface area contributed by atoms with E-state index in [1.54, 1.807) is 6.92 Å². The molecule has 3 N–H and O–H groups in total. The number of carbonyl (C=O) groups is 3. The molecule has 30 heavy (non-hydrogen) atoms. The van der Waals surface area contributed by atoms with Crippen LogP contribution < -0.4 is 10.6 Å². The van der Waals surface area contributed by atoms with Crippen molar-refractivity contribution in [1.82, 2.24) is 0 Å². The summed E-state index contributed by atoms with van der Waals surface area (Å²) < 4.78 is 0. The smallest absolute Gasteiger partial charge is 0.303 e. The largest absolute Gasteiger partial charge is 0.481 e. The number of fused-ring (bicyclic) bond motifs is 1. The predicted molar refractivity (Wildman–Crippen MR) is 119 cm³/mol. The van der Waals surface area contributed by atoms with E-state index >= 15 is 0 Å². The van der Waals surface area contributed by atoms with Crippen LogP contribution in [0.4, 0.5) is 10.7 Å². The van der Waals surface area contributed by atoms with Gasteiger partial charge in [0.05, 0.1) is 5.56 Å². The molecule has 2 amide bonds.